The maximum Gasteiger partial charge on any atom is 0.304 e. The van der Waals surface area contributed by atoms with Crippen molar-refractivity contribution in [3.63, 3.8) is 0 Å². The lowest BCUT2D eigenvalue weighted by atomic mass is 10.1. The number of nitrogens with two attached hydrogens (primary N) is 1. The SMILES string of the molecule is COc1cc2ccn(C(=O)c3cnn(-c4cnc(OC5(F)CC=CC=C5F)cc4C)c3N)c2cc1NS(=O)(=O)CCCF. The fourth-order valence-electron chi connectivity index (χ4n) is 4.55. The molecule has 1 aliphatic carbocycles. The number of aromatic nitrogens is 4. The molecule has 0 radical (unpaired) electrons. The maximum absolute atomic E-state index is 14.9. The number of pyridine rings is 1. The summed E-state index contributed by atoms with van der Waals surface area (Å²) in [5, 5.41) is 4.81. The van der Waals surface area contributed by atoms with E-state index < -0.39 is 40.0 Å². The number of carbonyl (C=O) groups excluding carboxylic acids is 1. The van der Waals surface area contributed by atoms with Gasteiger partial charge in [0, 0.05) is 24.1 Å². The van der Waals surface area contributed by atoms with Crippen LogP contribution in [0.1, 0.15) is 28.8 Å². The molecule has 4 aromatic rings. The molecule has 5 rings (SSSR count). The van der Waals surface area contributed by atoms with Crippen LogP contribution >= 0.6 is 0 Å². The summed E-state index contributed by atoms with van der Waals surface area (Å²) in [5.41, 5.74) is 7.64. The normalized spacial score (nSPS) is 16.7. The van der Waals surface area contributed by atoms with Gasteiger partial charge < -0.3 is 15.2 Å². The number of hydrogen-bond donors (Lipinski definition) is 2. The van der Waals surface area contributed by atoms with Gasteiger partial charge in [0.2, 0.25) is 15.9 Å². The lowest BCUT2D eigenvalue weighted by Crippen LogP contribution is -2.32. The molecule has 1 aliphatic rings. The molecule has 15 heteroatoms. The molecule has 0 bridgehead atoms. The van der Waals surface area contributed by atoms with Crippen LogP contribution in [-0.2, 0) is 10.0 Å². The predicted molar refractivity (Wildman–Crippen MR) is 154 cm³/mol. The first-order valence-corrected chi connectivity index (χ1v) is 14.6. The third-order valence-electron chi connectivity index (χ3n) is 6.75. The standard InChI is InChI=1S/C28H27F3N6O5S/c1-17-12-25(42-28(31)8-4-3-6-24(28)30)33-16-22(17)37-26(32)19(15-34-37)27(38)36-10-7-18-13-23(41-2)20(14-21(18)36)35-43(39,40)11-5-9-29/h3-4,6-7,10,12-16,35H,5,8-9,11,32H2,1-2H3. The smallest absolute Gasteiger partial charge is 0.304 e. The highest BCUT2D eigenvalue weighted by Crippen LogP contribution is 2.35. The third kappa shape index (κ3) is 5.80. The monoisotopic (exact) mass is 616 g/mol. The molecule has 0 saturated heterocycles. The van der Waals surface area contributed by atoms with Crippen molar-refractivity contribution in [1.29, 1.82) is 0 Å². The van der Waals surface area contributed by atoms with Gasteiger partial charge in [0.25, 0.3) is 5.91 Å². The van der Waals surface area contributed by atoms with Crippen LogP contribution in [0.3, 0.4) is 0 Å². The van der Waals surface area contributed by atoms with Crippen molar-refractivity contribution in [3.8, 4) is 17.3 Å². The van der Waals surface area contributed by atoms with Crippen LogP contribution in [-0.4, -0.2) is 59.0 Å². The molecule has 11 nitrogen and oxygen atoms in total. The molecule has 1 unspecified atom stereocenters. The highest BCUT2D eigenvalue weighted by molar-refractivity contribution is 7.92. The maximum atomic E-state index is 14.9. The highest BCUT2D eigenvalue weighted by Gasteiger charge is 2.38. The number of allylic oxidation sites excluding steroid dienone is 2. The number of alkyl halides is 2. The average molecular weight is 617 g/mol. The zero-order valence-corrected chi connectivity index (χ0v) is 23.9. The van der Waals surface area contributed by atoms with Crippen LogP contribution in [0.2, 0.25) is 0 Å². The van der Waals surface area contributed by atoms with Gasteiger partial charge in [-0.15, -0.1) is 0 Å². The molecule has 0 saturated carbocycles. The molecule has 1 atom stereocenters. The zero-order chi connectivity index (χ0) is 30.9. The zero-order valence-electron chi connectivity index (χ0n) is 23.1. The fraction of sp³-hybridized carbons (Fsp3) is 0.250. The Morgan fingerprint density at radius 3 is 2.74 bits per heavy atom. The van der Waals surface area contributed by atoms with E-state index in [0.29, 0.717) is 22.2 Å². The third-order valence-corrected chi connectivity index (χ3v) is 8.10. The number of sulfonamides is 1. The van der Waals surface area contributed by atoms with Crippen LogP contribution < -0.4 is 19.9 Å². The largest absolute Gasteiger partial charge is 0.495 e. The number of hydrogen-bond acceptors (Lipinski definition) is 8. The summed E-state index contributed by atoms with van der Waals surface area (Å²) in [6.45, 7) is 0.873. The lowest BCUT2D eigenvalue weighted by Gasteiger charge is -2.25. The summed E-state index contributed by atoms with van der Waals surface area (Å²) in [4.78, 5) is 17.7. The second-order valence-electron chi connectivity index (χ2n) is 9.71. The molecule has 0 amide bonds. The number of methoxy groups -OCH3 is 1. The number of nitrogens with zero attached hydrogens (tertiary/aromatic N) is 4. The van der Waals surface area contributed by atoms with E-state index in [4.69, 9.17) is 15.2 Å². The van der Waals surface area contributed by atoms with Crippen LogP contribution in [0.15, 0.2) is 66.9 Å². The van der Waals surface area contributed by atoms with Gasteiger partial charge in [-0.05, 0) is 43.2 Å². The van der Waals surface area contributed by atoms with Crippen molar-refractivity contribution in [2.45, 2.75) is 25.6 Å². The Labute approximate surface area is 244 Å². The number of nitrogens with one attached hydrogen (secondary N) is 1. The van der Waals surface area contributed by atoms with E-state index >= 15 is 0 Å². The number of anilines is 2. The minimum Gasteiger partial charge on any atom is -0.495 e. The quantitative estimate of drug-likeness (QED) is 0.260. The van der Waals surface area contributed by atoms with Gasteiger partial charge in [0.15, 0.2) is 5.83 Å². The molecule has 3 heterocycles. The molecule has 226 valence electrons. The van der Waals surface area contributed by atoms with Gasteiger partial charge in [-0.2, -0.15) is 9.49 Å². The van der Waals surface area contributed by atoms with Gasteiger partial charge >= 0.3 is 5.85 Å². The second kappa shape index (κ2) is 11.5. The molecule has 1 aromatic carbocycles. The van der Waals surface area contributed by atoms with E-state index in [0.717, 1.165) is 6.08 Å². The Hall–Kier alpha value is -4.79. The second-order valence-corrected chi connectivity index (χ2v) is 11.5. The number of halogens is 3. The predicted octanol–water partition coefficient (Wildman–Crippen LogP) is 4.77. The summed E-state index contributed by atoms with van der Waals surface area (Å²) in [5.74, 6) is -4.71. The van der Waals surface area contributed by atoms with E-state index in [1.54, 1.807) is 19.1 Å². The molecule has 3 N–H and O–H groups in total. The molecule has 3 aromatic heterocycles. The Morgan fingerprint density at radius 2 is 2.05 bits per heavy atom. The summed E-state index contributed by atoms with van der Waals surface area (Å²) < 4.78 is 81.8. The average Bonchev–Trinajstić information content (AvgIpc) is 3.55. The molecular weight excluding hydrogens is 589 g/mol. The highest BCUT2D eigenvalue weighted by atomic mass is 32.2. The van der Waals surface area contributed by atoms with Crippen LogP contribution in [0.4, 0.5) is 24.7 Å². The molecule has 0 fully saturated rings. The van der Waals surface area contributed by atoms with E-state index in [1.165, 1.54) is 59.2 Å². The lowest BCUT2D eigenvalue weighted by molar-refractivity contribution is -0.0464. The van der Waals surface area contributed by atoms with Crippen molar-refractivity contribution >= 4 is 38.3 Å². The molecule has 43 heavy (non-hydrogen) atoms. The van der Waals surface area contributed by atoms with E-state index in [-0.39, 0.29) is 41.5 Å². The van der Waals surface area contributed by atoms with Crippen LogP contribution in [0, 0.1) is 6.92 Å². The minimum atomic E-state index is -3.88. The van der Waals surface area contributed by atoms with Gasteiger partial charge in [0.05, 0.1) is 48.8 Å². The number of rotatable bonds is 10. The summed E-state index contributed by atoms with van der Waals surface area (Å²) in [6, 6.07) is 6.03. The topological polar surface area (TPSA) is 143 Å². The van der Waals surface area contributed by atoms with Gasteiger partial charge in [-0.25, -0.2) is 22.5 Å². The van der Waals surface area contributed by atoms with E-state index in [9.17, 15) is 26.4 Å². The first kappa shape index (κ1) is 29.7. The Kier molecular flexibility index (Phi) is 7.92. The van der Waals surface area contributed by atoms with Gasteiger partial charge in [0.1, 0.15) is 17.1 Å². The first-order valence-electron chi connectivity index (χ1n) is 13.0. The molecule has 0 spiro atoms. The minimum absolute atomic E-state index is 0.0283. The van der Waals surface area contributed by atoms with Crippen molar-refractivity contribution < 1.29 is 35.9 Å². The number of carbonyl (C=O) groups is 1. The first-order chi connectivity index (χ1) is 20.5. The number of fused-ring (bicyclic) bond motifs is 1. The number of ether oxygens (including phenoxy) is 2. The van der Waals surface area contributed by atoms with Crippen LogP contribution in [0.25, 0.3) is 16.6 Å². The number of aryl methyl sites for hydroxylation is 1. The molecular formula is C28H27F3N6O5S. The summed E-state index contributed by atoms with van der Waals surface area (Å²) >= 11 is 0. The number of benzene rings is 1. The van der Waals surface area contributed by atoms with Crippen molar-refractivity contribution in [2.75, 3.05) is 30.0 Å². The Balaban J connectivity index is 1.44. The summed E-state index contributed by atoms with van der Waals surface area (Å²) in [6.07, 6.45) is 7.38. The van der Waals surface area contributed by atoms with Crippen molar-refractivity contribution in [3.05, 3.63) is 78.0 Å². The Morgan fingerprint density at radius 1 is 1.26 bits per heavy atom. The van der Waals surface area contributed by atoms with Crippen molar-refractivity contribution in [1.82, 2.24) is 19.3 Å². The summed E-state index contributed by atoms with van der Waals surface area (Å²) in [7, 11) is -2.51. The van der Waals surface area contributed by atoms with E-state index in [2.05, 4.69) is 14.8 Å². The van der Waals surface area contributed by atoms with Crippen molar-refractivity contribution in [2.24, 2.45) is 0 Å². The Bertz CT molecular complexity index is 1880. The van der Waals surface area contributed by atoms with Crippen LogP contribution in [0.5, 0.6) is 11.6 Å². The van der Waals surface area contributed by atoms with E-state index in [1.807, 2.05) is 0 Å². The fourth-order valence-corrected chi connectivity index (χ4v) is 5.63. The number of nitrogen functional groups attached to an aromatic ring is 1. The van der Waals surface area contributed by atoms with Gasteiger partial charge in [-0.3, -0.25) is 18.5 Å². The van der Waals surface area contributed by atoms with Gasteiger partial charge in [-0.1, -0.05) is 12.2 Å². The molecule has 0 aliphatic heterocycles.